The van der Waals surface area contributed by atoms with Gasteiger partial charge in [-0.1, -0.05) is 37.2 Å². The number of carbonyl (C=O) groups is 1. The Hall–Kier alpha value is -3.07. The van der Waals surface area contributed by atoms with E-state index in [0.29, 0.717) is 29.0 Å². The summed E-state index contributed by atoms with van der Waals surface area (Å²) in [4.78, 5) is 12.1. The lowest BCUT2D eigenvalue weighted by Crippen LogP contribution is -2.26. The number of rotatable bonds is 11. The summed E-state index contributed by atoms with van der Waals surface area (Å²) in [5, 5.41) is 11.6. The van der Waals surface area contributed by atoms with Gasteiger partial charge in [-0.3, -0.25) is 9.36 Å². The van der Waals surface area contributed by atoms with Crippen LogP contribution in [0.25, 0.3) is 5.69 Å². The molecule has 0 atom stereocenters. The number of carbonyl (C=O) groups excluding carboxylic acids is 1. The lowest BCUT2D eigenvalue weighted by Gasteiger charge is -2.12. The number of hydrogen-bond acceptors (Lipinski definition) is 6. The molecule has 0 bridgehead atoms. The molecule has 1 N–H and O–H groups in total. The monoisotopic (exact) mass is 444 g/mol. The zero-order chi connectivity index (χ0) is 22.1. The maximum absolute atomic E-state index is 14.5. The first-order valence-corrected chi connectivity index (χ1v) is 11.0. The van der Waals surface area contributed by atoms with Crippen molar-refractivity contribution in [1.29, 1.82) is 0 Å². The minimum absolute atomic E-state index is 0.0803. The fourth-order valence-electron chi connectivity index (χ4n) is 2.77. The molecule has 0 fully saturated rings. The highest BCUT2D eigenvalue weighted by Gasteiger charge is 2.18. The number of nitrogens with one attached hydrogen (secondary N) is 1. The van der Waals surface area contributed by atoms with Crippen molar-refractivity contribution in [2.24, 2.45) is 0 Å². The summed E-state index contributed by atoms with van der Waals surface area (Å²) in [6.07, 6.45) is 1.93. The van der Waals surface area contributed by atoms with Crippen LogP contribution >= 0.6 is 11.8 Å². The van der Waals surface area contributed by atoms with E-state index in [0.717, 1.165) is 18.6 Å². The number of amides is 1. The molecule has 9 heteroatoms. The van der Waals surface area contributed by atoms with Crippen molar-refractivity contribution in [2.75, 3.05) is 19.4 Å². The van der Waals surface area contributed by atoms with E-state index in [-0.39, 0.29) is 18.3 Å². The van der Waals surface area contributed by atoms with Gasteiger partial charge in [0.15, 0.2) is 11.0 Å². The maximum Gasteiger partial charge on any atom is 0.230 e. The van der Waals surface area contributed by atoms with Crippen LogP contribution in [0.2, 0.25) is 0 Å². The molecule has 2 aromatic carbocycles. The third-order valence-corrected chi connectivity index (χ3v) is 5.33. The van der Waals surface area contributed by atoms with Gasteiger partial charge >= 0.3 is 0 Å². The largest absolute Gasteiger partial charge is 0.497 e. The SMILES string of the molecule is CCCCNC(=O)CSc1nnc(COc2ccc(OC)cc2)n1-c1ccccc1F. The number of para-hydroxylation sites is 1. The van der Waals surface area contributed by atoms with Crippen molar-refractivity contribution in [3.63, 3.8) is 0 Å². The summed E-state index contributed by atoms with van der Waals surface area (Å²) in [6, 6.07) is 13.5. The predicted octanol–water partition coefficient (Wildman–Crippen LogP) is 4.00. The third kappa shape index (κ3) is 6.21. The standard InChI is InChI=1S/C22H25FN4O3S/c1-3-4-13-24-21(28)15-31-22-26-25-20(27(22)19-8-6-5-7-18(19)23)14-30-17-11-9-16(29-2)10-12-17/h5-12H,3-4,13-15H2,1-2H3,(H,24,28). The molecule has 0 aliphatic rings. The van der Waals surface area contributed by atoms with Crippen LogP contribution in [0.5, 0.6) is 11.5 Å². The number of ether oxygens (including phenoxy) is 2. The zero-order valence-electron chi connectivity index (χ0n) is 17.5. The van der Waals surface area contributed by atoms with Crippen LogP contribution in [0.1, 0.15) is 25.6 Å². The second-order valence-electron chi connectivity index (χ2n) is 6.64. The Morgan fingerprint density at radius 3 is 2.58 bits per heavy atom. The molecule has 0 saturated carbocycles. The Balaban J connectivity index is 1.77. The second-order valence-corrected chi connectivity index (χ2v) is 7.58. The van der Waals surface area contributed by atoms with Crippen LogP contribution in [0.3, 0.4) is 0 Å². The molecule has 0 saturated heterocycles. The molecular formula is C22H25FN4O3S. The van der Waals surface area contributed by atoms with Gasteiger partial charge in [0.05, 0.1) is 18.6 Å². The van der Waals surface area contributed by atoms with Gasteiger partial charge in [0.25, 0.3) is 0 Å². The number of benzene rings is 2. The van der Waals surface area contributed by atoms with Crippen molar-refractivity contribution in [2.45, 2.75) is 31.5 Å². The summed E-state index contributed by atoms with van der Waals surface area (Å²) >= 11 is 1.20. The van der Waals surface area contributed by atoms with Gasteiger partial charge in [0, 0.05) is 6.54 Å². The topological polar surface area (TPSA) is 78.3 Å². The van der Waals surface area contributed by atoms with Crippen molar-refractivity contribution in [3.05, 3.63) is 60.2 Å². The molecule has 31 heavy (non-hydrogen) atoms. The number of nitrogens with zero attached hydrogens (tertiary/aromatic N) is 3. The highest BCUT2D eigenvalue weighted by atomic mass is 32.2. The van der Waals surface area contributed by atoms with E-state index < -0.39 is 5.82 Å². The molecule has 7 nitrogen and oxygen atoms in total. The van der Waals surface area contributed by atoms with Gasteiger partial charge in [-0.15, -0.1) is 10.2 Å². The Kier molecular flexibility index (Phi) is 8.28. The van der Waals surface area contributed by atoms with E-state index in [1.165, 1.54) is 17.8 Å². The van der Waals surface area contributed by atoms with E-state index in [2.05, 4.69) is 22.4 Å². The molecule has 1 heterocycles. The first-order valence-electron chi connectivity index (χ1n) is 9.98. The zero-order valence-corrected chi connectivity index (χ0v) is 18.3. The minimum atomic E-state index is -0.415. The van der Waals surface area contributed by atoms with Crippen LogP contribution < -0.4 is 14.8 Å². The molecule has 0 radical (unpaired) electrons. The number of methoxy groups -OCH3 is 1. The lowest BCUT2D eigenvalue weighted by molar-refractivity contribution is -0.118. The summed E-state index contributed by atoms with van der Waals surface area (Å²) in [6.45, 7) is 2.78. The van der Waals surface area contributed by atoms with Gasteiger partial charge in [-0.2, -0.15) is 0 Å². The van der Waals surface area contributed by atoms with Gasteiger partial charge in [-0.05, 0) is 42.8 Å². The van der Waals surface area contributed by atoms with Gasteiger partial charge < -0.3 is 14.8 Å². The van der Waals surface area contributed by atoms with Crippen LogP contribution in [0.15, 0.2) is 53.7 Å². The van der Waals surface area contributed by atoms with Crippen molar-refractivity contribution >= 4 is 17.7 Å². The number of hydrogen-bond donors (Lipinski definition) is 1. The molecule has 1 aromatic heterocycles. The smallest absolute Gasteiger partial charge is 0.230 e. The molecule has 1 amide bonds. The molecule has 164 valence electrons. The molecule has 0 spiro atoms. The fraction of sp³-hybridized carbons (Fsp3) is 0.318. The Bertz CT molecular complexity index is 995. The Morgan fingerprint density at radius 2 is 1.87 bits per heavy atom. The molecule has 0 aliphatic carbocycles. The van der Waals surface area contributed by atoms with Crippen molar-refractivity contribution in [1.82, 2.24) is 20.1 Å². The predicted molar refractivity (Wildman–Crippen MR) is 117 cm³/mol. The van der Waals surface area contributed by atoms with E-state index in [1.807, 2.05) is 0 Å². The summed E-state index contributed by atoms with van der Waals surface area (Å²) in [7, 11) is 1.59. The lowest BCUT2D eigenvalue weighted by atomic mass is 10.3. The molecular weight excluding hydrogens is 419 g/mol. The minimum Gasteiger partial charge on any atom is -0.497 e. The molecule has 0 unspecified atom stereocenters. The maximum atomic E-state index is 14.5. The molecule has 0 aliphatic heterocycles. The van der Waals surface area contributed by atoms with E-state index >= 15 is 0 Å². The average molecular weight is 445 g/mol. The van der Waals surface area contributed by atoms with Gasteiger partial charge in [0.1, 0.15) is 23.9 Å². The first-order chi connectivity index (χ1) is 15.1. The number of thioether (sulfide) groups is 1. The number of unbranched alkanes of at least 4 members (excludes halogenated alkanes) is 1. The van der Waals surface area contributed by atoms with Gasteiger partial charge in [-0.25, -0.2) is 4.39 Å². The van der Waals surface area contributed by atoms with Crippen LogP contribution in [0.4, 0.5) is 4.39 Å². The first kappa shape index (κ1) is 22.6. The second kappa shape index (κ2) is 11.4. The van der Waals surface area contributed by atoms with E-state index in [4.69, 9.17) is 9.47 Å². The van der Waals surface area contributed by atoms with Crippen molar-refractivity contribution < 1.29 is 18.7 Å². The highest BCUT2D eigenvalue weighted by Crippen LogP contribution is 2.25. The Labute approximate surface area is 185 Å². The fourth-order valence-corrected chi connectivity index (χ4v) is 3.56. The third-order valence-electron chi connectivity index (χ3n) is 4.41. The van der Waals surface area contributed by atoms with E-state index in [9.17, 15) is 9.18 Å². The molecule has 3 rings (SSSR count). The van der Waals surface area contributed by atoms with Gasteiger partial charge in [0.2, 0.25) is 5.91 Å². The van der Waals surface area contributed by atoms with Crippen LogP contribution in [-0.4, -0.2) is 40.1 Å². The summed E-state index contributed by atoms with van der Waals surface area (Å²) in [5.41, 5.74) is 0.301. The van der Waals surface area contributed by atoms with Crippen LogP contribution in [-0.2, 0) is 11.4 Å². The van der Waals surface area contributed by atoms with E-state index in [1.54, 1.807) is 54.1 Å². The number of halogens is 1. The van der Waals surface area contributed by atoms with Crippen LogP contribution in [0, 0.1) is 5.82 Å². The normalized spacial score (nSPS) is 10.7. The summed E-state index contributed by atoms with van der Waals surface area (Å²) in [5.74, 6) is 1.41. The number of aromatic nitrogens is 3. The quantitative estimate of drug-likeness (QED) is 0.356. The molecule has 3 aromatic rings. The Morgan fingerprint density at radius 1 is 1.13 bits per heavy atom. The highest BCUT2D eigenvalue weighted by molar-refractivity contribution is 7.99. The van der Waals surface area contributed by atoms with Crippen molar-refractivity contribution in [3.8, 4) is 17.2 Å². The summed E-state index contributed by atoms with van der Waals surface area (Å²) < 4.78 is 27.1. The average Bonchev–Trinajstić information content (AvgIpc) is 3.19.